The number of pyridine rings is 1. The van der Waals surface area contributed by atoms with Crippen LogP contribution in [0.5, 0.6) is 11.5 Å². The van der Waals surface area contributed by atoms with Gasteiger partial charge in [0.25, 0.3) is 6.33 Å². The molecule has 0 amide bonds. The number of benzene rings is 13. The molecular weight excluding hydrogens is 1360 g/mol. The summed E-state index contributed by atoms with van der Waals surface area (Å²) in [6, 6.07) is 122. The molecule has 0 atom stereocenters. The van der Waals surface area contributed by atoms with Crippen LogP contribution in [-0.4, -0.2) is 22.2 Å². The average molecular weight is 1430 g/mol. The molecule has 1 aliphatic carbocycles. The minimum absolute atomic E-state index is 0. The van der Waals surface area contributed by atoms with E-state index in [0.717, 1.165) is 89.0 Å². The predicted octanol–water partition coefficient (Wildman–Crippen LogP) is 18.4. The minimum Gasteiger partial charge on any atom is -0.510 e. The summed E-state index contributed by atoms with van der Waals surface area (Å²) >= 11 is 0. The molecule has 0 bridgehead atoms. The Morgan fingerprint density at radius 3 is 1.64 bits per heavy atom. The van der Waals surface area contributed by atoms with Gasteiger partial charge >= 0.3 is 0 Å². The Hall–Kier alpha value is -11.0. The minimum atomic E-state index is -3.03. The number of ether oxygens (including phenoxy) is 1. The first-order valence-corrected chi connectivity index (χ1v) is 34.7. The zero-order valence-electron chi connectivity index (χ0n) is 53.1. The Morgan fingerprint density at radius 2 is 0.958 bits per heavy atom. The first kappa shape index (κ1) is 58.8. The quantitative estimate of drug-likeness (QED) is 0.0592. The van der Waals surface area contributed by atoms with Crippen LogP contribution in [0.2, 0.25) is 0 Å². The maximum atomic E-state index is 6.91. The maximum Gasteiger partial charge on any atom is 0.268 e. The van der Waals surface area contributed by atoms with Crippen LogP contribution < -0.4 is 30.1 Å². The molecule has 2 aliphatic rings. The Kier molecular flexibility index (Phi) is 14.4. The van der Waals surface area contributed by atoms with E-state index in [1.165, 1.54) is 59.7 Å². The predicted molar refractivity (Wildman–Crippen MR) is 390 cm³/mol. The Labute approximate surface area is 574 Å². The molecule has 13 aromatic carbocycles. The van der Waals surface area contributed by atoms with Gasteiger partial charge in [0.1, 0.15) is 5.82 Å². The zero-order chi connectivity index (χ0) is 63.4. The smallest absolute Gasteiger partial charge is 0.268 e. The van der Waals surface area contributed by atoms with Crippen LogP contribution in [0.3, 0.4) is 0 Å². The van der Waals surface area contributed by atoms with Crippen LogP contribution in [0.25, 0.3) is 106 Å². The third kappa shape index (κ3) is 9.45. The van der Waals surface area contributed by atoms with E-state index in [1.807, 2.05) is 24.4 Å². The fraction of sp³-hybridized carbons (Fsp3) is 0.0562. The van der Waals surface area contributed by atoms with Gasteiger partial charge < -0.3 is 13.9 Å². The molecule has 96 heavy (non-hydrogen) atoms. The van der Waals surface area contributed by atoms with Crippen molar-refractivity contribution in [2.45, 2.75) is 32.1 Å². The zero-order valence-corrected chi connectivity index (χ0v) is 56.4. The second kappa shape index (κ2) is 23.5. The molecule has 1 aliphatic heterocycles. The number of para-hydroxylation sites is 2. The van der Waals surface area contributed by atoms with Crippen molar-refractivity contribution < 1.29 is 30.4 Å². The van der Waals surface area contributed by atoms with Gasteiger partial charge in [0.05, 0.1) is 16.7 Å². The van der Waals surface area contributed by atoms with Crippen molar-refractivity contribution in [3.05, 3.63) is 356 Å². The molecule has 3 aromatic heterocycles. The number of fused-ring (bicyclic) bond motifs is 13. The molecule has 0 N–H and O–H groups in total. The molecule has 0 spiro atoms. The van der Waals surface area contributed by atoms with Gasteiger partial charge in [-0.25, -0.2) is 4.98 Å². The third-order valence-electron chi connectivity index (χ3n) is 19.8. The molecule has 4 heterocycles. The van der Waals surface area contributed by atoms with E-state index in [2.05, 4.69) is 344 Å². The number of imidazole rings is 1. The van der Waals surface area contributed by atoms with E-state index in [-0.39, 0.29) is 32.4 Å². The Morgan fingerprint density at radius 1 is 0.417 bits per heavy atom. The maximum absolute atomic E-state index is 6.91. The van der Waals surface area contributed by atoms with Crippen molar-refractivity contribution in [1.29, 1.82) is 0 Å². The van der Waals surface area contributed by atoms with Gasteiger partial charge in [0.15, 0.2) is 8.07 Å². The molecule has 0 radical (unpaired) electrons. The molecule has 5 nitrogen and oxygen atoms in total. The first-order chi connectivity index (χ1) is 46.8. The Balaban J connectivity index is 0.00000697. The normalized spacial score (nSPS) is 12.4. The van der Waals surface area contributed by atoms with Gasteiger partial charge in [-0.3, -0.25) is 4.57 Å². The fourth-order valence-electron chi connectivity index (χ4n) is 15.5. The van der Waals surface area contributed by atoms with Gasteiger partial charge in [0, 0.05) is 50.2 Å². The second-order valence-corrected chi connectivity index (χ2v) is 29.9. The SMILES string of the molecule is CC(C)(C)c1ccnc(-n2c3[c-]c(Oc4[c-]c(-n5[c-][n+]6c7c(cccc75)-c5ccccc5-c5ccc([Si](c7ccccc7)(c7ccccc7)c7ccccc7)cc5-c5ccc(-c7ccccc7C7c8ccccc8-c8ccccc87)cc5-6)ccc4)ccc3c3ccccc32)c1.[Pt]. The number of aromatic nitrogens is 4. The summed E-state index contributed by atoms with van der Waals surface area (Å²) < 4.78 is 13.6. The Bertz CT molecular complexity index is 5570. The number of nitrogens with zero attached hydrogens (tertiary/aromatic N) is 4. The van der Waals surface area contributed by atoms with Crippen LogP contribution in [0, 0.1) is 18.5 Å². The van der Waals surface area contributed by atoms with Gasteiger partial charge in [0.2, 0.25) is 0 Å². The van der Waals surface area contributed by atoms with Crippen LogP contribution in [0.1, 0.15) is 48.9 Å². The van der Waals surface area contributed by atoms with Gasteiger partial charge in [-0.1, -0.05) is 281 Å². The summed E-state index contributed by atoms with van der Waals surface area (Å²) in [7, 11) is -3.03. The fourth-order valence-corrected chi connectivity index (χ4v) is 20.3. The van der Waals surface area contributed by atoms with E-state index < -0.39 is 8.07 Å². The molecule has 7 heteroatoms. The molecule has 0 saturated heterocycles. The van der Waals surface area contributed by atoms with Crippen molar-refractivity contribution >= 4 is 61.7 Å². The van der Waals surface area contributed by atoms with E-state index >= 15 is 0 Å². The third-order valence-corrected chi connectivity index (χ3v) is 24.6. The number of hydrogen-bond donors (Lipinski definition) is 0. The van der Waals surface area contributed by atoms with E-state index in [9.17, 15) is 0 Å². The van der Waals surface area contributed by atoms with E-state index in [4.69, 9.17) is 9.72 Å². The summed E-state index contributed by atoms with van der Waals surface area (Å²) in [4.78, 5) is 4.95. The van der Waals surface area contributed by atoms with Crippen molar-refractivity contribution in [3.8, 4) is 84.3 Å². The molecule has 18 rings (SSSR count). The van der Waals surface area contributed by atoms with Crippen LogP contribution in [0.15, 0.2) is 316 Å². The molecule has 0 saturated carbocycles. The van der Waals surface area contributed by atoms with Crippen molar-refractivity contribution in [2.75, 3.05) is 0 Å². The second-order valence-electron chi connectivity index (χ2n) is 26.1. The molecule has 0 unspecified atom stereocenters. The van der Waals surface area contributed by atoms with Crippen molar-refractivity contribution in [2.24, 2.45) is 0 Å². The molecular formula is C89H62N4OPtSi-2. The number of hydrogen-bond acceptors (Lipinski definition) is 2. The van der Waals surface area contributed by atoms with Gasteiger partial charge in [-0.15, -0.1) is 29.7 Å². The number of rotatable bonds is 10. The molecule has 460 valence electrons. The monoisotopic (exact) mass is 1430 g/mol. The van der Waals surface area contributed by atoms with Gasteiger partial charge in [-0.2, -0.15) is 18.2 Å². The van der Waals surface area contributed by atoms with Crippen molar-refractivity contribution in [3.63, 3.8) is 0 Å². The summed E-state index contributed by atoms with van der Waals surface area (Å²) in [6.45, 7) is 6.71. The van der Waals surface area contributed by atoms with E-state index in [0.29, 0.717) is 11.5 Å². The van der Waals surface area contributed by atoms with Crippen molar-refractivity contribution in [1.82, 2.24) is 14.1 Å². The summed E-state index contributed by atoms with van der Waals surface area (Å²) in [6.07, 6.45) is 5.98. The molecule has 0 fully saturated rings. The van der Waals surface area contributed by atoms with Crippen LogP contribution in [-0.2, 0) is 26.5 Å². The van der Waals surface area contributed by atoms with Gasteiger partial charge in [-0.05, 0) is 139 Å². The largest absolute Gasteiger partial charge is 0.510 e. The van der Waals surface area contributed by atoms with E-state index in [1.54, 1.807) is 0 Å². The average Bonchev–Trinajstić information content (AvgIpc) is 1.07. The topological polar surface area (TPSA) is 35.9 Å². The van der Waals surface area contributed by atoms with Crippen LogP contribution in [0.4, 0.5) is 0 Å². The molecule has 16 aromatic rings. The summed E-state index contributed by atoms with van der Waals surface area (Å²) in [5.41, 5.74) is 22.4. The standard InChI is InChI=1S/C89H62N4OSi.Pt/c1-89(2,3)60-51-52-90-86(54-60)93-82-43-22-21-38-74(82)75-49-46-63(56-85(75)93)94-62-26-23-25-61(55-62)91-58-92-84-53-59(68-33-13-18-39-77(68)87-78-40-19-16-35-70(78)71-36-17-20-41-79(71)87)45-48-76(84)81-57-67(47-50-73(81)69-34-14-15-37-72(69)80-42-24-44-83(91)88(80)92)95(64-27-7-4-8-28-64,65-29-9-5-10-30-65)66-31-11-6-12-32-66;/h4-54,57,87H,1-3H3;/q-2;. The van der Waals surface area contributed by atoms with Crippen LogP contribution >= 0.6 is 0 Å². The first-order valence-electron chi connectivity index (χ1n) is 32.7. The summed E-state index contributed by atoms with van der Waals surface area (Å²) in [5, 5.41) is 7.45. The summed E-state index contributed by atoms with van der Waals surface area (Å²) in [5.74, 6) is 2.00.